The molecule has 0 unspecified atom stereocenters. The fourth-order valence-electron chi connectivity index (χ4n) is 2.59. The summed E-state index contributed by atoms with van der Waals surface area (Å²) < 4.78 is 5.49. The van der Waals surface area contributed by atoms with Crippen molar-refractivity contribution >= 4 is 18.4 Å². The molecule has 0 bridgehead atoms. The van der Waals surface area contributed by atoms with Gasteiger partial charge in [-0.1, -0.05) is 12.0 Å². The summed E-state index contributed by atoms with van der Waals surface area (Å²) >= 11 is 0. The summed E-state index contributed by atoms with van der Waals surface area (Å²) in [6.07, 6.45) is 7.50. The predicted octanol–water partition coefficient (Wildman–Crippen LogP) is 3.61. The second kappa shape index (κ2) is 7.17. The number of hydrogen-bond acceptors (Lipinski definition) is 3. The van der Waals surface area contributed by atoms with Crippen molar-refractivity contribution in [2.24, 2.45) is 5.41 Å². The van der Waals surface area contributed by atoms with Crippen molar-refractivity contribution < 1.29 is 9.53 Å². The quantitative estimate of drug-likeness (QED) is 0.484. The molecule has 4 heteroatoms. The molecule has 0 saturated heterocycles. The van der Waals surface area contributed by atoms with Gasteiger partial charge in [-0.05, 0) is 63.9 Å². The zero-order valence-corrected chi connectivity index (χ0v) is 14.5. The molecule has 1 atom stereocenters. The molecule has 0 fully saturated rings. The highest BCUT2D eigenvalue weighted by Gasteiger charge is 2.28. The van der Waals surface area contributed by atoms with Gasteiger partial charge < -0.3 is 4.74 Å². The molecule has 1 aromatic carbocycles. The summed E-state index contributed by atoms with van der Waals surface area (Å²) in [6, 6.07) is 6.24. The van der Waals surface area contributed by atoms with Crippen LogP contribution in [0.15, 0.2) is 18.2 Å². The standard InChI is InChI=1S/C18H23NO2.ClH/c1-6-11-19(5)16-10-8-13-7-9-14(12-15(13)16)21-17(20)18(2,3)4;/h1,7,9,12,16H,8,10-11H2,2-5H3;1H/t16-;/m1./s1. The van der Waals surface area contributed by atoms with E-state index < -0.39 is 5.41 Å². The second-order valence-electron chi connectivity index (χ2n) is 6.67. The normalized spacial score (nSPS) is 16.6. The van der Waals surface area contributed by atoms with Gasteiger partial charge in [-0.25, -0.2) is 0 Å². The van der Waals surface area contributed by atoms with Gasteiger partial charge in [0.2, 0.25) is 0 Å². The predicted molar refractivity (Wildman–Crippen MR) is 91.3 cm³/mol. The van der Waals surface area contributed by atoms with Crippen LogP contribution in [0.4, 0.5) is 0 Å². The molecule has 0 aliphatic heterocycles. The summed E-state index contributed by atoms with van der Waals surface area (Å²) in [4.78, 5) is 14.2. The van der Waals surface area contributed by atoms with Crippen LogP contribution in [-0.2, 0) is 11.2 Å². The van der Waals surface area contributed by atoms with E-state index in [1.165, 1.54) is 11.1 Å². The van der Waals surface area contributed by atoms with E-state index in [9.17, 15) is 4.79 Å². The number of terminal acetylenes is 1. The van der Waals surface area contributed by atoms with Crippen molar-refractivity contribution in [1.82, 2.24) is 4.90 Å². The maximum absolute atomic E-state index is 12.0. The zero-order chi connectivity index (χ0) is 15.6. The Labute approximate surface area is 139 Å². The lowest BCUT2D eigenvalue weighted by Gasteiger charge is -2.23. The third kappa shape index (κ3) is 4.03. The van der Waals surface area contributed by atoms with Gasteiger partial charge in [-0.2, -0.15) is 0 Å². The Morgan fingerprint density at radius 2 is 2.14 bits per heavy atom. The van der Waals surface area contributed by atoms with Gasteiger partial charge in [0.25, 0.3) is 0 Å². The summed E-state index contributed by atoms with van der Waals surface area (Å²) in [5.74, 6) is 3.09. The number of benzene rings is 1. The fourth-order valence-corrected chi connectivity index (χ4v) is 2.59. The van der Waals surface area contributed by atoms with Gasteiger partial charge in [-0.15, -0.1) is 18.8 Å². The lowest BCUT2D eigenvalue weighted by Crippen LogP contribution is -2.26. The minimum Gasteiger partial charge on any atom is -0.426 e. The fraction of sp³-hybridized carbons (Fsp3) is 0.500. The molecular formula is C18H24ClNO2. The minimum absolute atomic E-state index is 0. The van der Waals surface area contributed by atoms with Crippen LogP contribution in [0.2, 0.25) is 0 Å². The molecule has 1 aliphatic carbocycles. The van der Waals surface area contributed by atoms with Crippen molar-refractivity contribution in [2.75, 3.05) is 13.6 Å². The third-order valence-electron chi connectivity index (χ3n) is 3.86. The van der Waals surface area contributed by atoms with Gasteiger partial charge in [0, 0.05) is 6.04 Å². The molecule has 0 radical (unpaired) electrons. The van der Waals surface area contributed by atoms with Crippen LogP contribution in [0, 0.1) is 17.8 Å². The van der Waals surface area contributed by atoms with E-state index in [0.29, 0.717) is 18.3 Å². The summed E-state index contributed by atoms with van der Waals surface area (Å²) in [5, 5.41) is 0. The van der Waals surface area contributed by atoms with Crippen molar-refractivity contribution in [3.05, 3.63) is 29.3 Å². The van der Waals surface area contributed by atoms with E-state index >= 15 is 0 Å². The molecule has 0 saturated carbocycles. The topological polar surface area (TPSA) is 29.5 Å². The van der Waals surface area contributed by atoms with Crippen LogP contribution in [0.3, 0.4) is 0 Å². The number of hydrogen-bond donors (Lipinski definition) is 0. The number of carbonyl (C=O) groups excluding carboxylic acids is 1. The van der Waals surface area contributed by atoms with E-state index in [1.807, 2.05) is 40.0 Å². The van der Waals surface area contributed by atoms with Gasteiger partial charge in [0.05, 0.1) is 12.0 Å². The first-order chi connectivity index (χ1) is 9.82. The Balaban J connectivity index is 0.00000242. The molecule has 22 heavy (non-hydrogen) atoms. The first-order valence-corrected chi connectivity index (χ1v) is 7.31. The molecule has 0 heterocycles. The zero-order valence-electron chi connectivity index (χ0n) is 13.7. The van der Waals surface area contributed by atoms with Crippen molar-refractivity contribution in [1.29, 1.82) is 0 Å². The van der Waals surface area contributed by atoms with E-state index in [4.69, 9.17) is 11.2 Å². The smallest absolute Gasteiger partial charge is 0.316 e. The summed E-state index contributed by atoms with van der Waals surface area (Å²) in [5.41, 5.74) is 2.05. The molecule has 0 spiro atoms. The first kappa shape index (κ1) is 18.5. The van der Waals surface area contributed by atoms with Gasteiger partial charge in [0.15, 0.2) is 0 Å². The molecule has 1 aromatic rings. The van der Waals surface area contributed by atoms with E-state index in [0.717, 1.165) is 12.8 Å². The molecule has 3 nitrogen and oxygen atoms in total. The summed E-state index contributed by atoms with van der Waals surface area (Å²) in [6.45, 7) is 6.18. The third-order valence-corrected chi connectivity index (χ3v) is 3.86. The molecule has 1 aliphatic rings. The highest BCUT2D eigenvalue weighted by molar-refractivity contribution is 5.85. The van der Waals surface area contributed by atoms with Crippen LogP contribution >= 0.6 is 12.4 Å². The molecule has 2 rings (SSSR count). The van der Waals surface area contributed by atoms with Crippen molar-refractivity contribution in [2.45, 2.75) is 39.7 Å². The monoisotopic (exact) mass is 321 g/mol. The average molecular weight is 322 g/mol. The Bertz CT molecular complexity index is 584. The molecule has 120 valence electrons. The highest BCUT2D eigenvalue weighted by Crippen LogP contribution is 2.37. The number of esters is 1. The largest absolute Gasteiger partial charge is 0.426 e. The van der Waals surface area contributed by atoms with Crippen molar-refractivity contribution in [3.63, 3.8) is 0 Å². The SMILES string of the molecule is C#CCN(C)[C@@H]1CCc2ccc(OC(=O)C(C)(C)C)cc21.Cl. The number of nitrogens with zero attached hydrogens (tertiary/aromatic N) is 1. The lowest BCUT2D eigenvalue weighted by atomic mass is 9.97. The molecule has 0 amide bonds. The van der Waals surface area contributed by atoms with Gasteiger partial charge in [-0.3, -0.25) is 9.69 Å². The Kier molecular flexibility index (Phi) is 6.05. The number of carbonyl (C=O) groups is 1. The maximum atomic E-state index is 12.0. The van der Waals surface area contributed by atoms with E-state index in [-0.39, 0.29) is 18.4 Å². The van der Waals surface area contributed by atoms with Gasteiger partial charge >= 0.3 is 5.97 Å². The lowest BCUT2D eigenvalue weighted by molar-refractivity contribution is -0.143. The number of rotatable bonds is 3. The number of ether oxygens (including phenoxy) is 1. The van der Waals surface area contributed by atoms with Crippen LogP contribution in [-0.4, -0.2) is 24.5 Å². The number of halogens is 1. The van der Waals surface area contributed by atoms with Crippen LogP contribution in [0.25, 0.3) is 0 Å². The molecular weight excluding hydrogens is 298 g/mol. The van der Waals surface area contributed by atoms with Crippen LogP contribution in [0.5, 0.6) is 5.75 Å². The van der Waals surface area contributed by atoms with Gasteiger partial charge in [0.1, 0.15) is 5.75 Å². The van der Waals surface area contributed by atoms with Crippen LogP contribution in [0.1, 0.15) is 44.4 Å². The first-order valence-electron chi connectivity index (χ1n) is 7.31. The maximum Gasteiger partial charge on any atom is 0.316 e. The number of fused-ring (bicyclic) bond motifs is 1. The van der Waals surface area contributed by atoms with E-state index in [2.05, 4.69) is 16.9 Å². The van der Waals surface area contributed by atoms with Crippen molar-refractivity contribution in [3.8, 4) is 18.1 Å². The summed E-state index contributed by atoms with van der Waals surface area (Å²) in [7, 11) is 2.04. The average Bonchev–Trinajstić information content (AvgIpc) is 2.81. The highest BCUT2D eigenvalue weighted by atomic mass is 35.5. The van der Waals surface area contributed by atoms with Crippen LogP contribution < -0.4 is 4.74 Å². The Morgan fingerprint density at radius 3 is 2.73 bits per heavy atom. The van der Waals surface area contributed by atoms with E-state index in [1.54, 1.807) is 0 Å². The molecule has 0 N–H and O–H groups in total. The Morgan fingerprint density at radius 1 is 1.45 bits per heavy atom. The number of aryl methyl sites for hydroxylation is 1. The minimum atomic E-state index is -0.501. The second-order valence-corrected chi connectivity index (χ2v) is 6.67. The molecule has 0 aromatic heterocycles. The Hall–Kier alpha value is -1.50.